The molecule has 2 atom stereocenters. The zero-order valence-corrected chi connectivity index (χ0v) is 14.4. The fourth-order valence-electron chi connectivity index (χ4n) is 3.75. The Balaban J connectivity index is 1.61. The second kappa shape index (κ2) is 6.00. The Labute approximate surface area is 142 Å². The number of methoxy groups -OCH3 is 1. The highest BCUT2D eigenvalue weighted by Gasteiger charge is 2.66. The van der Waals surface area contributed by atoms with Crippen LogP contribution in [0.5, 0.6) is 5.75 Å². The maximum atomic E-state index is 12.7. The second-order valence-electron chi connectivity index (χ2n) is 7.13. The molecule has 1 aliphatic heterocycles. The van der Waals surface area contributed by atoms with Crippen molar-refractivity contribution in [1.82, 2.24) is 4.90 Å². The second-order valence-corrected chi connectivity index (χ2v) is 7.13. The maximum Gasteiger partial charge on any atom is 0.307 e. The van der Waals surface area contributed by atoms with Crippen molar-refractivity contribution >= 4 is 17.6 Å². The van der Waals surface area contributed by atoms with E-state index in [4.69, 9.17) is 4.74 Å². The van der Waals surface area contributed by atoms with Gasteiger partial charge in [0.15, 0.2) is 0 Å². The predicted molar refractivity (Wildman–Crippen MR) is 90.2 cm³/mol. The Morgan fingerprint density at radius 1 is 1.17 bits per heavy atom. The molecule has 0 bridgehead atoms. The van der Waals surface area contributed by atoms with Gasteiger partial charge in [0.05, 0.1) is 18.9 Å². The van der Waals surface area contributed by atoms with Crippen LogP contribution in [0.3, 0.4) is 0 Å². The van der Waals surface area contributed by atoms with E-state index in [1.165, 1.54) is 0 Å². The SMILES string of the molecule is COc1cccc(N2CCN(C(=O)[C@@H]3[C@H](C(=O)O)C3(C)C)CC2)c1. The number of nitrogens with zero attached hydrogens (tertiary/aromatic N) is 2. The van der Waals surface area contributed by atoms with E-state index in [0.717, 1.165) is 24.5 Å². The van der Waals surface area contributed by atoms with Crippen LogP contribution in [0.1, 0.15) is 13.8 Å². The van der Waals surface area contributed by atoms with Crippen molar-refractivity contribution in [2.75, 3.05) is 38.2 Å². The smallest absolute Gasteiger partial charge is 0.307 e. The summed E-state index contributed by atoms with van der Waals surface area (Å²) in [6.07, 6.45) is 0. The van der Waals surface area contributed by atoms with Gasteiger partial charge in [0, 0.05) is 37.9 Å². The molecule has 1 saturated carbocycles. The van der Waals surface area contributed by atoms with Gasteiger partial charge in [-0.3, -0.25) is 9.59 Å². The Hall–Kier alpha value is -2.24. The van der Waals surface area contributed by atoms with Crippen LogP contribution >= 0.6 is 0 Å². The average molecular weight is 332 g/mol. The van der Waals surface area contributed by atoms with Crippen molar-refractivity contribution in [3.8, 4) is 5.75 Å². The Morgan fingerprint density at radius 2 is 1.83 bits per heavy atom. The topological polar surface area (TPSA) is 70.1 Å². The quantitative estimate of drug-likeness (QED) is 0.909. The van der Waals surface area contributed by atoms with Gasteiger partial charge in [-0.2, -0.15) is 0 Å². The molecule has 6 heteroatoms. The zero-order valence-electron chi connectivity index (χ0n) is 14.4. The van der Waals surface area contributed by atoms with Gasteiger partial charge in [-0.1, -0.05) is 19.9 Å². The maximum absolute atomic E-state index is 12.7. The average Bonchev–Trinajstić information content (AvgIpc) is 3.17. The molecular formula is C18H24N2O4. The van der Waals surface area contributed by atoms with Gasteiger partial charge < -0.3 is 19.6 Å². The number of carboxylic acids is 1. The molecule has 0 radical (unpaired) electrons. The number of hydrogen-bond donors (Lipinski definition) is 1. The van der Waals surface area contributed by atoms with Crippen LogP contribution in [0.25, 0.3) is 0 Å². The fourth-order valence-corrected chi connectivity index (χ4v) is 3.75. The molecule has 2 aliphatic rings. The third-order valence-electron chi connectivity index (χ3n) is 5.37. The lowest BCUT2D eigenvalue weighted by atomic mass is 10.1. The number of rotatable bonds is 4. The Bertz CT molecular complexity index is 650. The van der Waals surface area contributed by atoms with E-state index in [0.29, 0.717) is 13.1 Å². The highest BCUT2D eigenvalue weighted by molar-refractivity contribution is 5.91. The number of benzene rings is 1. The molecule has 1 aliphatic carbocycles. The standard InChI is InChI=1S/C18H24N2O4/c1-18(2)14(15(18)17(22)23)16(21)20-9-7-19(8-10-20)12-5-4-6-13(11-12)24-3/h4-6,11,14-15H,7-10H2,1-3H3,(H,22,23)/t14-,15+/m0/s1. The van der Waals surface area contributed by atoms with E-state index in [2.05, 4.69) is 4.90 Å². The number of carbonyl (C=O) groups excluding carboxylic acids is 1. The summed E-state index contributed by atoms with van der Waals surface area (Å²) < 4.78 is 5.26. The first-order chi connectivity index (χ1) is 11.4. The minimum atomic E-state index is -0.867. The van der Waals surface area contributed by atoms with Crippen LogP contribution in [0.4, 0.5) is 5.69 Å². The molecule has 1 amide bonds. The summed E-state index contributed by atoms with van der Waals surface area (Å²) in [4.78, 5) is 28.0. The molecule has 2 fully saturated rings. The van der Waals surface area contributed by atoms with Crippen molar-refractivity contribution in [3.63, 3.8) is 0 Å². The Kier molecular flexibility index (Phi) is 4.15. The van der Waals surface area contributed by atoms with Crippen LogP contribution in [0, 0.1) is 17.3 Å². The summed E-state index contributed by atoms with van der Waals surface area (Å²) in [6.45, 7) is 6.44. The van der Waals surface area contributed by atoms with E-state index in [-0.39, 0.29) is 5.91 Å². The fraction of sp³-hybridized carbons (Fsp3) is 0.556. The number of aliphatic carboxylic acids is 1. The van der Waals surface area contributed by atoms with Gasteiger partial charge >= 0.3 is 5.97 Å². The van der Waals surface area contributed by atoms with Crippen LogP contribution in [0.15, 0.2) is 24.3 Å². The number of anilines is 1. The molecule has 1 aromatic rings. The minimum absolute atomic E-state index is 0.0160. The van der Waals surface area contributed by atoms with Gasteiger partial charge in [0.1, 0.15) is 5.75 Å². The van der Waals surface area contributed by atoms with Crippen molar-refractivity contribution in [2.45, 2.75) is 13.8 Å². The molecule has 0 aromatic heterocycles. The van der Waals surface area contributed by atoms with Crippen molar-refractivity contribution in [3.05, 3.63) is 24.3 Å². The molecule has 0 spiro atoms. The molecule has 6 nitrogen and oxygen atoms in total. The molecule has 1 aromatic carbocycles. The van der Waals surface area contributed by atoms with Crippen LogP contribution in [0.2, 0.25) is 0 Å². The molecule has 1 N–H and O–H groups in total. The third kappa shape index (κ3) is 2.81. The number of carbonyl (C=O) groups is 2. The number of ether oxygens (including phenoxy) is 1. The summed E-state index contributed by atoms with van der Waals surface area (Å²) >= 11 is 0. The van der Waals surface area contributed by atoms with Gasteiger partial charge in [0.2, 0.25) is 5.91 Å². The number of amides is 1. The first-order valence-corrected chi connectivity index (χ1v) is 8.27. The number of carboxylic acid groups (broad SMARTS) is 1. The van der Waals surface area contributed by atoms with Crippen LogP contribution in [-0.4, -0.2) is 55.2 Å². The Morgan fingerprint density at radius 3 is 2.38 bits per heavy atom. The monoisotopic (exact) mass is 332 g/mol. The van der Waals surface area contributed by atoms with Crippen molar-refractivity contribution in [2.24, 2.45) is 17.3 Å². The van der Waals surface area contributed by atoms with Crippen molar-refractivity contribution < 1.29 is 19.4 Å². The predicted octanol–water partition coefficient (Wildman–Crippen LogP) is 1.70. The summed E-state index contributed by atoms with van der Waals surface area (Å²) in [6, 6.07) is 7.88. The highest BCUT2D eigenvalue weighted by Crippen LogP contribution is 2.59. The first kappa shape index (κ1) is 16.6. The van der Waals surface area contributed by atoms with E-state index in [9.17, 15) is 14.7 Å². The molecule has 3 rings (SSSR count). The third-order valence-corrected chi connectivity index (χ3v) is 5.37. The molecule has 1 saturated heterocycles. The summed E-state index contributed by atoms with van der Waals surface area (Å²) in [5.41, 5.74) is 0.643. The molecular weight excluding hydrogens is 308 g/mol. The van der Waals surface area contributed by atoms with Crippen LogP contribution in [-0.2, 0) is 9.59 Å². The lowest BCUT2D eigenvalue weighted by Gasteiger charge is -2.36. The van der Waals surface area contributed by atoms with E-state index < -0.39 is 23.2 Å². The van der Waals surface area contributed by atoms with Gasteiger partial charge in [-0.25, -0.2) is 0 Å². The van der Waals surface area contributed by atoms with Gasteiger partial charge in [-0.15, -0.1) is 0 Å². The molecule has 1 heterocycles. The molecule has 130 valence electrons. The molecule has 24 heavy (non-hydrogen) atoms. The molecule has 0 unspecified atom stereocenters. The highest BCUT2D eigenvalue weighted by atomic mass is 16.5. The summed E-state index contributed by atoms with van der Waals surface area (Å²) in [5, 5.41) is 9.26. The summed E-state index contributed by atoms with van der Waals surface area (Å²) in [5.74, 6) is -1.01. The normalized spacial score (nSPS) is 25.3. The van der Waals surface area contributed by atoms with E-state index in [1.54, 1.807) is 7.11 Å². The number of hydrogen-bond acceptors (Lipinski definition) is 4. The number of piperazine rings is 1. The zero-order chi connectivity index (χ0) is 17.5. The lowest BCUT2D eigenvalue weighted by Crippen LogP contribution is -2.49. The van der Waals surface area contributed by atoms with E-state index >= 15 is 0 Å². The lowest BCUT2D eigenvalue weighted by molar-refractivity contribution is -0.142. The summed E-state index contributed by atoms with van der Waals surface area (Å²) in [7, 11) is 1.64. The minimum Gasteiger partial charge on any atom is -0.497 e. The van der Waals surface area contributed by atoms with Crippen molar-refractivity contribution in [1.29, 1.82) is 0 Å². The largest absolute Gasteiger partial charge is 0.497 e. The first-order valence-electron chi connectivity index (χ1n) is 8.27. The van der Waals surface area contributed by atoms with Crippen LogP contribution < -0.4 is 9.64 Å². The van der Waals surface area contributed by atoms with Gasteiger partial charge in [0.25, 0.3) is 0 Å². The van der Waals surface area contributed by atoms with Gasteiger partial charge in [-0.05, 0) is 17.5 Å². The van der Waals surface area contributed by atoms with E-state index in [1.807, 2.05) is 43.0 Å².